The molecule has 0 aliphatic carbocycles. The highest BCUT2D eigenvalue weighted by molar-refractivity contribution is 5.70. The van der Waals surface area contributed by atoms with Crippen molar-refractivity contribution < 1.29 is 28.6 Å². The maximum Gasteiger partial charge on any atom is 0.410 e. The quantitative estimate of drug-likeness (QED) is 0.223. The Morgan fingerprint density at radius 1 is 1.11 bits per heavy atom. The third-order valence-electron chi connectivity index (χ3n) is 9.61. The zero-order valence-corrected chi connectivity index (χ0v) is 27.4. The Labute approximate surface area is 268 Å². The van der Waals surface area contributed by atoms with Gasteiger partial charge in [0, 0.05) is 56.5 Å². The molecule has 1 aromatic heterocycles. The number of pyridine rings is 1. The molecule has 3 aliphatic rings. The standard InChI is InChI=1S/C36H52FN3O5/c1-25(29-9-6-18-38-24-29)7-5-8-27(3)35-28(4)11-13-33(26(2)10-12-32(41)23-34(42)45-35)44-36(43)40-21-16-31(17-22-40)39-19-14-30(37)15-20-39/h5-9,11,13,18,24-26,28,30-33,35,41H,10,12,14-17,19-23H2,1-4H3/b7-5+,13-11+,27-8+/t25?,26-,28-,32+,33-,35+/m0/s1. The highest BCUT2D eigenvalue weighted by atomic mass is 19.1. The van der Waals surface area contributed by atoms with Gasteiger partial charge in [-0.05, 0) is 74.6 Å². The molecule has 2 saturated heterocycles. The van der Waals surface area contributed by atoms with Crippen molar-refractivity contribution >= 4 is 12.1 Å². The number of aromatic nitrogens is 1. The summed E-state index contributed by atoms with van der Waals surface area (Å²) in [7, 11) is 0. The number of ether oxygens (including phenoxy) is 2. The molecule has 6 atom stereocenters. The van der Waals surface area contributed by atoms with Gasteiger partial charge in [-0.25, -0.2) is 9.18 Å². The van der Waals surface area contributed by atoms with Crippen LogP contribution in [0.25, 0.3) is 0 Å². The van der Waals surface area contributed by atoms with Crippen LogP contribution in [0, 0.1) is 11.8 Å². The van der Waals surface area contributed by atoms with Gasteiger partial charge in [0.1, 0.15) is 18.4 Å². The van der Waals surface area contributed by atoms with Crippen LogP contribution in [-0.2, 0) is 14.3 Å². The first-order valence-corrected chi connectivity index (χ1v) is 16.7. The molecule has 1 amide bonds. The fourth-order valence-electron chi connectivity index (χ4n) is 6.51. The number of rotatable bonds is 6. The average molecular weight is 626 g/mol. The van der Waals surface area contributed by atoms with Gasteiger partial charge in [0.15, 0.2) is 0 Å². The maximum absolute atomic E-state index is 13.6. The molecule has 3 aliphatic heterocycles. The van der Waals surface area contributed by atoms with Crippen LogP contribution in [0.15, 0.2) is 60.5 Å². The van der Waals surface area contributed by atoms with Gasteiger partial charge in [0.05, 0.1) is 12.5 Å². The number of aliphatic hydroxyl groups excluding tert-OH is 1. The summed E-state index contributed by atoms with van der Waals surface area (Å²) < 4.78 is 25.6. The van der Waals surface area contributed by atoms with Crippen molar-refractivity contribution in [2.45, 2.75) is 109 Å². The summed E-state index contributed by atoms with van der Waals surface area (Å²) in [6.07, 6.45) is 14.5. The summed E-state index contributed by atoms with van der Waals surface area (Å²) in [6, 6.07) is 4.34. The van der Waals surface area contributed by atoms with E-state index in [4.69, 9.17) is 9.47 Å². The normalized spacial score (nSPS) is 30.3. The van der Waals surface area contributed by atoms with Crippen LogP contribution >= 0.6 is 0 Å². The molecule has 0 spiro atoms. The third-order valence-corrected chi connectivity index (χ3v) is 9.61. The molecule has 9 heteroatoms. The number of esters is 1. The summed E-state index contributed by atoms with van der Waals surface area (Å²) in [5.74, 6) is -0.495. The minimum atomic E-state index is -0.832. The lowest BCUT2D eigenvalue weighted by Crippen LogP contribution is -2.49. The second kappa shape index (κ2) is 17.0. The molecular formula is C36H52FN3O5. The van der Waals surface area contributed by atoms with Crippen LogP contribution in [0.1, 0.15) is 84.1 Å². The maximum atomic E-state index is 13.6. The van der Waals surface area contributed by atoms with E-state index >= 15 is 0 Å². The second-order valence-electron chi connectivity index (χ2n) is 13.2. The number of hydrogen-bond acceptors (Lipinski definition) is 7. The number of likely N-dealkylation sites (tertiary alicyclic amines) is 2. The Morgan fingerprint density at radius 2 is 1.84 bits per heavy atom. The van der Waals surface area contributed by atoms with E-state index in [1.807, 2.05) is 63.4 Å². The number of carbonyl (C=O) groups excluding carboxylic acids is 2. The molecule has 4 rings (SSSR count). The number of cyclic esters (lactones) is 1. The number of piperidine rings is 2. The number of hydrogen-bond donors (Lipinski definition) is 1. The molecule has 0 radical (unpaired) electrons. The van der Waals surface area contributed by atoms with E-state index in [1.165, 1.54) is 0 Å². The van der Waals surface area contributed by atoms with Crippen molar-refractivity contribution in [2.24, 2.45) is 11.8 Å². The van der Waals surface area contributed by atoms with Crippen molar-refractivity contribution in [1.82, 2.24) is 14.8 Å². The molecule has 2 fully saturated rings. The van der Waals surface area contributed by atoms with Crippen molar-refractivity contribution in [1.29, 1.82) is 0 Å². The summed E-state index contributed by atoms with van der Waals surface area (Å²) >= 11 is 0. The number of aliphatic hydroxyl groups is 1. The van der Waals surface area contributed by atoms with E-state index in [-0.39, 0.29) is 30.3 Å². The molecule has 8 nitrogen and oxygen atoms in total. The number of halogens is 1. The second-order valence-corrected chi connectivity index (χ2v) is 13.2. The molecule has 0 aromatic carbocycles. The minimum absolute atomic E-state index is 0.0472. The zero-order chi connectivity index (χ0) is 32.3. The van der Waals surface area contributed by atoms with Gasteiger partial charge in [-0.1, -0.05) is 51.1 Å². The Kier molecular flexibility index (Phi) is 13.2. The van der Waals surface area contributed by atoms with E-state index in [9.17, 15) is 19.1 Å². The van der Waals surface area contributed by atoms with Gasteiger partial charge in [-0.15, -0.1) is 0 Å². The summed E-state index contributed by atoms with van der Waals surface area (Å²) in [6.45, 7) is 10.8. The van der Waals surface area contributed by atoms with Crippen LogP contribution in [-0.4, -0.2) is 88.7 Å². The average Bonchev–Trinajstić information content (AvgIpc) is 3.04. The lowest BCUT2D eigenvalue weighted by atomic mass is 9.92. The first-order valence-electron chi connectivity index (χ1n) is 16.7. The Balaban J connectivity index is 1.41. The molecule has 45 heavy (non-hydrogen) atoms. The Bertz CT molecular complexity index is 1170. The van der Waals surface area contributed by atoms with Gasteiger partial charge in [-0.2, -0.15) is 0 Å². The molecule has 1 aromatic rings. The number of amides is 1. The predicted molar refractivity (Wildman–Crippen MR) is 173 cm³/mol. The number of carbonyl (C=O) groups is 2. The topological polar surface area (TPSA) is 92.2 Å². The first kappa shape index (κ1) is 34.8. The zero-order valence-electron chi connectivity index (χ0n) is 27.4. The van der Waals surface area contributed by atoms with Gasteiger partial charge < -0.3 is 24.4 Å². The predicted octanol–water partition coefficient (Wildman–Crippen LogP) is 6.38. The van der Waals surface area contributed by atoms with E-state index in [1.54, 1.807) is 11.1 Å². The smallest absolute Gasteiger partial charge is 0.410 e. The first-order chi connectivity index (χ1) is 21.6. The number of alkyl halides is 1. The van der Waals surface area contributed by atoms with Gasteiger partial charge in [0.2, 0.25) is 0 Å². The minimum Gasteiger partial charge on any atom is -0.457 e. The number of nitrogens with zero attached hydrogens (tertiary/aromatic N) is 3. The molecule has 0 saturated carbocycles. The third kappa shape index (κ3) is 10.5. The van der Waals surface area contributed by atoms with Gasteiger partial charge in [0.25, 0.3) is 0 Å². The Morgan fingerprint density at radius 3 is 2.53 bits per heavy atom. The van der Waals surface area contributed by atoms with Gasteiger partial charge >= 0.3 is 12.1 Å². The van der Waals surface area contributed by atoms with Crippen molar-refractivity contribution in [3.05, 3.63) is 66.0 Å². The molecule has 0 bridgehead atoms. The summed E-state index contributed by atoms with van der Waals surface area (Å²) in [5, 5.41) is 10.6. The van der Waals surface area contributed by atoms with Gasteiger partial charge in [-0.3, -0.25) is 9.78 Å². The monoisotopic (exact) mass is 625 g/mol. The highest BCUT2D eigenvalue weighted by Crippen LogP contribution is 2.27. The lowest BCUT2D eigenvalue weighted by Gasteiger charge is -2.40. The van der Waals surface area contributed by atoms with Crippen molar-refractivity contribution in [3.8, 4) is 0 Å². The van der Waals surface area contributed by atoms with E-state index in [0.717, 1.165) is 37.1 Å². The fourth-order valence-corrected chi connectivity index (χ4v) is 6.51. The van der Waals surface area contributed by atoms with E-state index in [2.05, 4.69) is 22.9 Å². The molecule has 1 unspecified atom stereocenters. The van der Waals surface area contributed by atoms with Crippen molar-refractivity contribution in [3.63, 3.8) is 0 Å². The largest absolute Gasteiger partial charge is 0.457 e. The van der Waals surface area contributed by atoms with Crippen LogP contribution in [0.4, 0.5) is 9.18 Å². The fraction of sp³-hybridized carbons (Fsp3) is 0.639. The van der Waals surface area contributed by atoms with E-state index < -0.39 is 30.5 Å². The summed E-state index contributed by atoms with van der Waals surface area (Å²) in [4.78, 5) is 34.5. The van der Waals surface area contributed by atoms with Crippen LogP contribution in [0.3, 0.4) is 0 Å². The molecular weight excluding hydrogens is 573 g/mol. The molecule has 1 N–H and O–H groups in total. The molecule has 4 heterocycles. The lowest BCUT2D eigenvalue weighted by molar-refractivity contribution is -0.151. The van der Waals surface area contributed by atoms with Crippen molar-refractivity contribution in [2.75, 3.05) is 26.2 Å². The van der Waals surface area contributed by atoms with Crippen LogP contribution in [0.2, 0.25) is 0 Å². The number of allylic oxidation sites excluding steroid dienone is 3. The van der Waals surface area contributed by atoms with Crippen LogP contribution < -0.4 is 0 Å². The van der Waals surface area contributed by atoms with E-state index in [0.29, 0.717) is 44.8 Å². The Hall–Kier alpha value is -3.04. The molecule has 248 valence electrons. The summed E-state index contributed by atoms with van der Waals surface area (Å²) in [5.41, 5.74) is 1.99. The highest BCUT2D eigenvalue weighted by Gasteiger charge is 2.32. The van der Waals surface area contributed by atoms with Crippen LogP contribution in [0.5, 0.6) is 0 Å². The SMILES string of the molecule is C/C(=C\C=C\C(C)c1cccnc1)[C@H]1OC(=O)C[C@H](O)CC[C@H](C)[C@@H](OC(=O)N2CCC(N3CCC(F)CC3)CC2)/C=C/[C@@H]1C.